The molecule has 1 saturated carbocycles. The number of alkyl halides is 1. The van der Waals surface area contributed by atoms with E-state index in [9.17, 15) is 9.18 Å². The summed E-state index contributed by atoms with van der Waals surface area (Å²) in [4.78, 5) is 25.5. The van der Waals surface area contributed by atoms with Crippen molar-refractivity contribution in [1.82, 2.24) is 24.8 Å². The number of para-hydroxylation sites is 1. The number of nitrogens with zero attached hydrogens (tertiary/aromatic N) is 3. The summed E-state index contributed by atoms with van der Waals surface area (Å²) in [5.74, 6) is 6.91. The summed E-state index contributed by atoms with van der Waals surface area (Å²) in [7, 11) is 0. The zero-order chi connectivity index (χ0) is 26.0. The fourth-order valence-electron chi connectivity index (χ4n) is 5.82. The minimum Gasteiger partial charge on any atom is -0.381 e. The van der Waals surface area contributed by atoms with Gasteiger partial charge in [-0.1, -0.05) is 24.0 Å². The maximum atomic E-state index is 15.6. The molecule has 5 heterocycles. The van der Waals surface area contributed by atoms with E-state index in [4.69, 9.17) is 4.74 Å². The Hall–Kier alpha value is -4.03. The van der Waals surface area contributed by atoms with Crippen molar-refractivity contribution in [3.05, 3.63) is 82.6 Å². The number of carbonyl (C=O) groups is 1. The van der Waals surface area contributed by atoms with Crippen LogP contribution in [0.2, 0.25) is 0 Å². The first kappa shape index (κ1) is 23.1. The summed E-state index contributed by atoms with van der Waals surface area (Å²) in [6.45, 7) is 3.52. The Labute approximate surface area is 217 Å². The number of carbonyl (C=O) groups excluding carboxylic acids is 1. The second kappa shape index (κ2) is 8.77. The molecule has 2 fully saturated rings. The molecular weight excluding hydrogens is 488 g/mol. The van der Waals surface area contributed by atoms with E-state index >= 15 is 4.39 Å². The number of aromatic amines is 1. The van der Waals surface area contributed by atoms with Crippen molar-refractivity contribution in [2.75, 3.05) is 13.2 Å². The number of amides is 1. The molecule has 2 N–H and O–H groups in total. The molecule has 38 heavy (non-hydrogen) atoms. The van der Waals surface area contributed by atoms with E-state index in [1.54, 1.807) is 48.1 Å². The molecule has 192 valence electrons. The molecule has 1 aromatic carbocycles. The molecule has 0 radical (unpaired) electrons. The number of aromatic nitrogens is 4. The number of rotatable bonds is 4. The summed E-state index contributed by atoms with van der Waals surface area (Å²) in [5, 5.41) is 3.33. The van der Waals surface area contributed by atoms with Gasteiger partial charge in [-0.2, -0.15) is 0 Å². The first-order chi connectivity index (χ1) is 18.5. The highest BCUT2D eigenvalue weighted by molar-refractivity contribution is 5.93. The predicted octanol–water partition coefficient (Wildman–Crippen LogP) is 3.86. The monoisotopic (exact) mass is 513 g/mol. The van der Waals surface area contributed by atoms with Gasteiger partial charge in [0.15, 0.2) is 5.82 Å². The van der Waals surface area contributed by atoms with Gasteiger partial charge in [-0.3, -0.25) is 4.79 Å². The van der Waals surface area contributed by atoms with Crippen LogP contribution in [0, 0.1) is 42.3 Å². The highest BCUT2D eigenvalue weighted by atomic mass is 19.1. The second-order valence-electron chi connectivity index (χ2n) is 10.4. The third-order valence-corrected chi connectivity index (χ3v) is 7.82. The average Bonchev–Trinajstić information content (AvgIpc) is 3.39. The summed E-state index contributed by atoms with van der Waals surface area (Å²) in [5.41, 5.74) is 3.35. The van der Waals surface area contributed by atoms with Crippen LogP contribution >= 0.6 is 0 Å². The van der Waals surface area contributed by atoms with Gasteiger partial charge in [0.1, 0.15) is 17.9 Å². The Morgan fingerprint density at radius 3 is 2.89 bits per heavy atom. The molecule has 1 saturated heterocycles. The van der Waals surface area contributed by atoms with E-state index in [1.807, 2.05) is 6.07 Å². The lowest BCUT2D eigenvalue weighted by Gasteiger charge is -2.18. The molecule has 1 aliphatic carbocycles. The molecule has 0 bridgehead atoms. The normalized spacial score (nSPS) is 24.0. The van der Waals surface area contributed by atoms with Gasteiger partial charge >= 0.3 is 0 Å². The molecule has 3 aromatic heterocycles. The summed E-state index contributed by atoms with van der Waals surface area (Å²) >= 11 is 0. The van der Waals surface area contributed by atoms with Crippen LogP contribution < -0.4 is 5.32 Å². The summed E-state index contributed by atoms with van der Waals surface area (Å²) < 4.78 is 37.0. The van der Waals surface area contributed by atoms with Gasteiger partial charge in [0.05, 0.1) is 37.5 Å². The first-order valence-corrected chi connectivity index (χ1v) is 12.8. The maximum Gasteiger partial charge on any atom is 0.270 e. The van der Waals surface area contributed by atoms with Crippen LogP contribution in [-0.2, 0) is 17.7 Å². The number of fused-ring (bicyclic) bond motifs is 3. The lowest BCUT2D eigenvalue weighted by atomic mass is 10.0. The standard InChI is InChI=1S/C29H25F2N5O2/c1-15-8-16(6-7-18-20-12-38-13-21(18)20)9-23(33-15)29(37)35-28(26-24-10-17(30)11-36(24)14-32-26)27-25(31)19-4-2-3-5-22(19)34-27/h2-5,8-9,14,17-18,20-21,28,34H,10-13H2,1H3,(H,35,37)/t17-,18?,20-,21+,28?/m1/s1. The SMILES string of the molecule is Cc1cc(C#CC2[C@H]3COC[C@@H]23)cc(C(=O)NC(c2ncn3c2C[C@@H](F)C3)c2[nH]c3ccccc3c2F)n1. The van der Waals surface area contributed by atoms with E-state index in [0.717, 1.165) is 13.2 Å². The Balaban J connectivity index is 1.23. The molecule has 2 aliphatic heterocycles. The van der Waals surface area contributed by atoms with Crippen molar-refractivity contribution in [2.24, 2.45) is 17.8 Å². The number of benzene rings is 1. The van der Waals surface area contributed by atoms with Gasteiger partial charge in [0, 0.05) is 52.0 Å². The second-order valence-corrected chi connectivity index (χ2v) is 10.4. The van der Waals surface area contributed by atoms with Crippen LogP contribution in [-0.4, -0.2) is 44.8 Å². The van der Waals surface area contributed by atoms with Crippen molar-refractivity contribution in [3.8, 4) is 11.8 Å². The molecule has 4 aromatic rings. The third kappa shape index (κ3) is 3.87. The number of H-pyrrole nitrogens is 1. The Bertz CT molecular complexity index is 1640. The lowest BCUT2D eigenvalue weighted by Crippen LogP contribution is -2.32. The number of nitrogens with one attached hydrogen (secondary N) is 2. The Morgan fingerprint density at radius 1 is 1.26 bits per heavy atom. The van der Waals surface area contributed by atoms with Crippen LogP contribution in [0.15, 0.2) is 42.7 Å². The molecule has 9 heteroatoms. The summed E-state index contributed by atoms with van der Waals surface area (Å²) in [6, 6.07) is 9.53. The highest BCUT2D eigenvalue weighted by Gasteiger charge is 2.53. The van der Waals surface area contributed by atoms with Crippen LogP contribution in [0.4, 0.5) is 8.78 Å². The van der Waals surface area contributed by atoms with Gasteiger partial charge in [-0.05, 0) is 31.2 Å². The van der Waals surface area contributed by atoms with Gasteiger partial charge in [-0.15, -0.1) is 0 Å². The molecule has 0 spiro atoms. The largest absolute Gasteiger partial charge is 0.381 e. The van der Waals surface area contributed by atoms with Gasteiger partial charge < -0.3 is 19.6 Å². The van der Waals surface area contributed by atoms with Crippen molar-refractivity contribution in [2.45, 2.75) is 32.1 Å². The Kier molecular flexibility index (Phi) is 5.34. The number of ether oxygens (including phenoxy) is 1. The van der Waals surface area contributed by atoms with Crippen molar-refractivity contribution >= 4 is 16.8 Å². The fraction of sp³-hybridized carbons (Fsp3) is 0.345. The van der Waals surface area contributed by atoms with Crippen LogP contribution in [0.25, 0.3) is 10.9 Å². The van der Waals surface area contributed by atoms with Crippen LogP contribution in [0.3, 0.4) is 0 Å². The topological polar surface area (TPSA) is 84.8 Å². The molecular formula is C29H25F2N5O2. The number of hydrogen-bond acceptors (Lipinski definition) is 4. The van der Waals surface area contributed by atoms with E-state index in [-0.39, 0.29) is 24.4 Å². The number of halogens is 2. The molecule has 5 atom stereocenters. The zero-order valence-electron chi connectivity index (χ0n) is 20.7. The smallest absolute Gasteiger partial charge is 0.270 e. The molecule has 7 rings (SSSR count). The van der Waals surface area contributed by atoms with Crippen LogP contribution in [0.1, 0.15) is 44.9 Å². The van der Waals surface area contributed by atoms with Gasteiger partial charge in [0.2, 0.25) is 0 Å². The van der Waals surface area contributed by atoms with E-state index < -0.39 is 23.9 Å². The van der Waals surface area contributed by atoms with Crippen molar-refractivity contribution < 1.29 is 18.3 Å². The predicted molar refractivity (Wildman–Crippen MR) is 136 cm³/mol. The van der Waals surface area contributed by atoms with E-state index in [0.29, 0.717) is 51.3 Å². The number of hydrogen-bond donors (Lipinski definition) is 2. The zero-order valence-corrected chi connectivity index (χ0v) is 20.7. The Morgan fingerprint density at radius 2 is 2.08 bits per heavy atom. The quantitative estimate of drug-likeness (QED) is 0.406. The highest BCUT2D eigenvalue weighted by Crippen LogP contribution is 2.50. The first-order valence-electron chi connectivity index (χ1n) is 12.8. The van der Waals surface area contributed by atoms with Gasteiger partial charge in [-0.25, -0.2) is 18.7 Å². The minimum absolute atomic E-state index is 0.153. The van der Waals surface area contributed by atoms with E-state index in [1.165, 1.54) is 0 Å². The average molecular weight is 514 g/mol. The number of imidazole rings is 1. The van der Waals surface area contributed by atoms with E-state index in [2.05, 4.69) is 32.1 Å². The van der Waals surface area contributed by atoms with Crippen LogP contribution in [0.5, 0.6) is 0 Å². The lowest BCUT2D eigenvalue weighted by molar-refractivity contribution is 0.0936. The van der Waals surface area contributed by atoms with Crippen molar-refractivity contribution in [1.29, 1.82) is 0 Å². The maximum absolute atomic E-state index is 15.6. The van der Waals surface area contributed by atoms with Crippen molar-refractivity contribution in [3.63, 3.8) is 0 Å². The fourth-order valence-corrected chi connectivity index (χ4v) is 5.82. The molecule has 2 unspecified atom stereocenters. The number of aryl methyl sites for hydroxylation is 1. The third-order valence-electron chi connectivity index (χ3n) is 7.82. The molecule has 7 nitrogen and oxygen atoms in total. The molecule has 1 amide bonds. The molecule has 3 aliphatic rings. The van der Waals surface area contributed by atoms with Gasteiger partial charge in [0.25, 0.3) is 5.91 Å². The summed E-state index contributed by atoms with van der Waals surface area (Å²) in [6.07, 6.45) is 0.647. The number of pyridine rings is 1. The minimum atomic E-state index is -1.05.